The van der Waals surface area contributed by atoms with Crippen molar-refractivity contribution in [2.75, 3.05) is 51.4 Å². The number of ether oxygens (including phenoxy) is 2. The first-order valence-electron chi connectivity index (χ1n) is 12.6. The molecule has 2 saturated heterocycles. The van der Waals surface area contributed by atoms with Crippen LogP contribution in [0, 0.1) is 26.2 Å². The summed E-state index contributed by atoms with van der Waals surface area (Å²) in [6.45, 7) is 11.1. The molecule has 0 amide bonds. The maximum Gasteiger partial charge on any atom is 0.163 e. The van der Waals surface area contributed by atoms with Crippen LogP contribution in [0.5, 0.6) is 5.75 Å². The Hall–Kier alpha value is -2.68. The fourth-order valence-electron chi connectivity index (χ4n) is 5.24. The van der Waals surface area contributed by atoms with Crippen molar-refractivity contribution >= 4 is 17.4 Å². The Bertz CT molecular complexity index is 1210. The molecular formula is C27H34ClN5O3. The van der Waals surface area contributed by atoms with Gasteiger partial charge >= 0.3 is 0 Å². The Morgan fingerprint density at radius 2 is 1.92 bits per heavy atom. The van der Waals surface area contributed by atoms with E-state index in [1.54, 1.807) is 0 Å². The zero-order chi connectivity index (χ0) is 25.3. The van der Waals surface area contributed by atoms with E-state index in [0.29, 0.717) is 22.9 Å². The van der Waals surface area contributed by atoms with Crippen LogP contribution in [0.4, 0.5) is 5.82 Å². The van der Waals surface area contributed by atoms with E-state index in [4.69, 9.17) is 35.6 Å². The molecular weight excluding hydrogens is 478 g/mol. The summed E-state index contributed by atoms with van der Waals surface area (Å²) < 4.78 is 17.1. The highest BCUT2D eigenvalue weighted by molar-refractivity contribution is 6.33. The molecule has 2 aliphatic heterocycles. The molecule has 0 radical (unpaired) electrons. The molecule has 192 valence electrons. The van der Waals surface area contributed by atoms with Crippen molar-refractivity contribution in [1.82, 2.24) is 20.4 Å². The molecule has 2 aromatic heterocycles. The minimum absolute atomic E-state index is 0.317. The molecule has 8 nitrogen and oxygen atoms in total. The standard InChI is InChI=1S/C27H34ClN5O3/c1-17-24(23-18(2)32-36-19(23)3)30-25(21-14-20(6-7-22(21)28)35-11-5-10-29-4)31-26(17)33-15-27(16-33)8-12-34-13-9-27/h6-7,14,29H,5,8-13,15-16H2,1-4H3. The van der Waals surface area contributed by atoms with Crippen molar-refractivity contribution in [3.63, 3.8) is 0 Å². The van der Waals surface area contributed by atoms with Gasteiger partial charge in [-0.2, -0.15) is 0 Å². The predicted molar refractivity (Wildman–Crippen MR) is 141 cm³/mol. The van der Waals surface area contributed by atoms with Crippen molar-refractivity contribution in [2.45, 2.75) is 40.0 Å². The van der Waals surface area contributed by atoms with Gasteiger partial charge in [0.1, 0.15) is 17.3 Å². The van der Waals surface area contributed by atoms with E-state index in [-0.39, 0.29) is 0 Å². The quantitative estimate of drug-likeness (QED) is 0.424. The van der Waals surface area contributed by atoms with E-state index in [2.05, 4.69) is 22.3 Å². The molecule has 2 fully saturated rings. The fraction of sp³-hybridized carbons (Fsp3) is 0.519. The summed E-state index contributed by atoms with van der Waals surface area (Å²) in [6, 6.07) is 5.67. The number of aryl methyl sites for hydroxylation is 2. The van der Waals surface area contributed by atoms with Crippen LogP contribution in [0.3, 0.4) is 0 Å². The number of anilines is 1. The van der Waals surface area contributed by atoms with E-state index in [0.717, 1.165) is 97.5 Å². The number of nitrogens with zero attached hydrogens (tertiary/aromatic N) is 4. The molecule has 3 aromatic rings. The Kier molecular flexibility index (Phi) is 7.19. The Labute approximate surface area is 217 Å². The third-order valence-corrected chi connectivity index (χ3v) is 7.64. The first-order chi connectivity index (χ1) is 17.4. The molecule has 0 atom stereocenters. The summed E-state index contributed by atoms with van der Waals surface area (Å²) in [4.78, 5) is 12.4. The van der Waals surface area contributed by atoms with Gasteiger partial charge in [-0.25, -0.2) is 9.97 Å². The van der Waals surface area contributed by atoms with Crippen LogP contribution in [0.2, 0.25) is 5.02 Å². The van der Waals surface area contributed by atoms with Crippen molar-refractivity contribution < 1.29 is 14.0 Å². The Morgan fingerprint density at radius 3 is 2.61 bits per heavy atom. The van der Waals surface area contributed by atoms with E-state index < -0.39 is 0 Å². The monoisotopic (exact) mass is 511 g/mol. The smallest absolute Gasteiger partial charge is 0.163 e. The van der Waals surface area contributed by atoms with E-state index in [9.17, 15) is 0 Å². The second-order valence-electron chi connectivity index (χ2n) is 9.96. The van der Waals surface area contributed by atoms with Gasteiger partial charge in [0.05, 0.1) is 28.6 Å². The van der Waals surface area contributed by atoms with Crippen molar-refractivity contribution in [2.24, 2.45) is 5.41 Å². The third kappa shape index (κ3) is 4.82. The lowest BCUT2D eigenvalue weighted by atomic mass is 9.73. The summed E-state index contributed by atoms with van der Waals surface area (Å²) in [6.07, 6.45) is 3.10. The topological polar surface area (TPSA) is 85.5 Å². The van der Waals surface area contributed by atoms with Crippen LogP contribution < -0.4 is 15.0 Å². The first kappa shape index (κ1) is 25.0. The number of rotatable bonds is 8. The molecule has 2 aliphatic rings. The summed E-state index contributed by atoms with van der Waals surface area (Å²) in [7, 11) is 1.94. The molecule has 0 bridgehead atoms. The number of halogens is 1. The first-order valence-corrected chi connectivity index (χ1v) is 13.0. The molecule has 4 heterocycles. The molecule has 36 heavy (non-hydrogen) atoms. The van der Waals surface area contributed by atoms with Crippen LogP contribution in [0.1, 0.15) is 36.3 Å². The van der Waals surface area contributed by atoms with Crippen molar-refractivity contribution in [3.8, 4) is 28.4 Å². The van der Waals surface area contributed by atoms with E-state index in [1.807, 2.05) is 39.1 Å². The van der Waals surface area contributed by atoms with E-state index >= 15 is 0 Å². The van der Waals surface area contributed by atoms with Crippen LogP contribution in [-0.4, -0.2) is 61.6 Å². The highest BCUT2D eigenvalue weighted by Gasteiger charge is 2.45. The minimum Gasteiger partial charge on any atom is -0.494 e. The summed E-state index contributed by atoms with van der Waals surface area (Å²) in [5, 5.41) is 7.90. The lowest BCUT2D eigenvalue weighted by Gasteiger charge is -2.53. The predicted octanol–water partition coefficient (Wildman–Crippen LogP) is 4.98. The Balaban J connectivity index is 1.54. The minimum atomic E-state index is 0.317. The summed E-state index contributed by atoms with van der Waals surface area (Å²) in [5.41, 5.74) is 4.63. The van der Waals surface area contributed by atoms with Gasteiger partial charge in [-0.15, -0.1) is 0 Å². The Morgan fingerprint density at radius 1 is 1.14 bits per heavy atom. The second kappa shape index (κ2) is 10.4. The number of nitrogens with one attached hydrogen (secondary N) is 1. The number of aromatic nitrogens is 3. The third-order valence-electron chi connectivity index (χ3n) is 7.31. The summed E-state index contributed by atoms with van der Waals surface area (Å²) in [5.74, 6) is 3.00. The van der Waals surface area contributed by atoms with Crippen LogP contribution in [-0.2, 0) is 4.74 Å². The molecule has 1 spiro atoms. The zero-order valence-electron chi connectivity index (χ0n) is 21.5. The average Bonchev–Trinajstić information content (AvgIpc) is 3.20. The molecule has 1 N–H and O–H groups in total. The maximum atomic E-state index is 6.69. The van der Waals surface area contributed by atoms with Gasteiger partial charge < -0.3 is 24.2 Å². The van der Waals surface area contributed by atoms with Gasteiger partial charge in [0, 0.05) is 42.8 Å². The number of hydrogen-bond acceptors (Lipinski definition) is 8. The average molecular weight is 512 g/mol. The van der Waals surface area contributed by atoms with E-state index in [1.165, 1.54) is 0 Å². The second-order valence-corrected chi connectivity index (χ2v) is 10.4. The van der Waals surface area contributed by atoms with Crippen molar-refractivity contribution in [3.05, 3.63) is 40.2 Å². The SMILES string of the molecule is CNCCCOc1ccc(Cl)c(-c2nc(-c3c(C)noc3C)c(C)c(N3CC4(CCOCC4)C3)n2)c1. The van der Waals surface area contributed by atoms with Crippen LogP contribution >= 0.6 is 11.6 Å². The van der Waals surface area contributed by atoms with Gasteiger partial charge in [0.25, 0.3) is 0 Å². The lowest BCUT2D eigenvalue weighted by Crippen LogP contribution is -2.59. The van der Waals surface area contributed by atoms with Crippen molar-refractivity contribution in [1.29, 1.82) is 0 Å². The fourth-order valence-corrected chi connectivity index (χ4v) is 5.44. The number of benzene rings is 1. The van der Waals surface area contributed by atoms with Gasteiger partial charge in [0.15, 0.2) is 5.82 Å². The van der Waals surface area contributed by atoms with Gasteiger partial charge in [0.2, 0.25) is 0 Å². The zero-order valence-corrected chi connectivity index (χ0v) is 22.2. The highest BCUT2D eigenvalue weighted by Crippen LogP contribution is 2.44. The van der Waals surface area contributed by atoms with Gasteiger partial charge in [-0.1, -0.05) is 16.8 Å². The molecule has 0 aliphatic carbocycles. The lowest BCUT2D eigenvalue weighted by molar-refractivity contribution is -0.000489. The van der Waals surface area contributed by atoms with Gasteiger partial charge in [-0.3, -0.25) is 0 Å². The maximum absolute atomic E-state index is 6.69. The molecule has 9 heteroatoms. The largest absolute Gasteiger partial charge is 0.494 e. The van der Waals surface area contributed by atoms with Crippen LogP contribution in [0.15, 0.2) is 22.7 Å². The number of hydrogen-bond donors (Lipinski definition) is 1. The molecule has 0 saturated carbocycles. The molecule has 1 aromatic carbocycles. The molecule has 0 unspecified atom stereocenters. The van der Waals surface area contributed by atoms with Crippen LogP contribution in [0.25, 0.3) is 22.6 Å². The van der Waals surface area contributed by atoms with Gasteiger partial charge in [-0.05, 0) is 71.8 Å². The normalized spacial score (nSPS) is 16.9. The summed E-state index contributed by atoms with van der Waals surface area (Å²) >= 11 is 6.69. The highest BCUT2D eigenvalue weighted by atomic mass is 35.5. The molecule has 5 rings (SSSR count).